The Bertz CT molecular complexity index is 646. The van der Waals surface area contributed by atoms with Crippen molar-refractivity contribution in [2.45, 2.75) is 13.2 Å². The second-order valence-corrected chi connectivity index (χ2v) is 4.65. The number of ether oxygens (including phenoxy) is 2. The molecule has 0 atom stereocenters. The summed E-state index contributed by atoms with van der Waals surface area (Å²) in [4.78, 5) is 26.7. The number of carbonyl (C=O) groups excluding carboxylic acids is 2. The Labute approximate surface area is 129 Å². The van der Waals surface area contributed by atoms with Crippen LogP contribution in [0.25, 0.3) is 0 Å². The molecule has 0 fully saturated rings. The normalized spacial score (nSPS) is 10.2. The molecule has 1 heterocycles. The van der Waals surface area contributed by atoms with Crippen molar-refractivity contribution in [3.05, 3.63) is 40.9 Å². The predicted molar refractivity (Wildman–Crippen MR) is 72.8 cm³/mol. The monoisotopic (exact) mass is 329 g/mol. The van der Waals surface area contributed by atoms with Gasteiger partial charge in [0.05, 0.1) is 5.02 Å². The summed E-state index contributed by atoms with van der Waals surface area (Å²) in [6.07, 6.45) is 2.12. The minimum Gasteiger partial charge on any atom is -0.442 e. The van der Waals surface area contributed by atoms with Crippen LogP contribution < -0.4 is 4.74 Å². The molecule has 0 bridgehead atoms. The first kappa shape index (κ1) is 15.3. The summed E-state index contributed by atoms with van der Waals surface area (Å²) in [6, 6.07) is 4.37. The first-order valence-corrected chi connectivity index (χ1v) is 6.44. The number of hydrogen-bond acceptors (Lipinski definition) is 6. The largest absolute Gasteiger partial charge is 0.442 e. The van der Waals surface area contributed by atoms with Crippen LogP contribution >= 0.6 is 23.2 Å². The molecule has 0 aliphatic rings. The Balaban J connectivity index is 1.82. The summed E-state index contributed by atoms with van der Waals surface area (Å²) in [6.45, 7) is -0.131. The summed E-state index contributed by atoms with van der Waals surface area (Å²) in [5, 5.41) is 4.32. The molecule has 21 heavy (non-hydrogen) atoms. The van der Waals surface area contributed by atoms with Gasteiger partial charge in [0, 0.05) is 5.02 Å². The Morgan fingerprint density at radius 2 is 2.05 bits per heavy atom. The number of halogens is 2. The molecule has 0 radical (unpaired) electrons. The fourth-order valence-electron chi connectivity index (χ4n) is 1.32. The SMILES string of the molecule is O=C(CC(=O)Oc1ccc(Cl)cc1Cl)OCn1cncn1. The quantitative estimate of drug-likeness (QED) is 0.474. The fourth-order valence-corrected chi connectivity index (χ4v) is 1.77. The summed E-state index contributed by atoms with van der Waals surface area (Å²) in [5.41, 5.74) is 0. The van der Waals surface area contributed by atoms with Gasteiger partial charge in [-0.15, -0.1) is 0 Å². The van der Waals surface area contributed by atoms with Crippen LogP contribution in [0.1, 0.15) is 6.42 Å². The number of rotatable bonds is 5. The van der Waals surface area contributed by atoms with Crippen molar-refractivity contribution in [2.24, 2.45) is 0 Å². The third-order valence-corrected chi connectivity index (χ3v) is 2.76. The maximum absolute atomic E-state index is 11.6. The van der Waals surface area contributed by atoms with E-state index >= 15 is 0 Å². The molecular weight excluding hydrogens is 321 g/mol. The average Bonchev–Trinajstić information content (AvgIpc) is 2.93. The van der Waals surface area contributed by atoms with Crippen LogP contribution in [0.4, 0.5) is 0 Å². The van der Waals surface area contributed by atoms with Gasteiger partial charge in [0.2, 0.25) is 0 Å². The molecule has 2 aromatic rings. The molecule has 0 spiro atoms. The van der Waals surface area contributed by atoms with Crippen molar-refractivity contribution in [1.29, 1.82) is 0 Å². The van der Waals surface area contributed by atoms with Crippen LogP contribution in [0.15, 0.2) is 30.9 Å². The molecule has 0 amide bonds. The Kier molecular flexibility index (Phi) is 5.13. The van der Waals surface area contributed by atoms with Crippen LogP contribution in [-0.2, 0) is 21.1 Å². The highest BCUT2D eigenvalue weighted by Crippen LogP contribution is 2.27. The second-order valence-electron chi connectivity index (χ2n) is 3.81. The van der Waals surface area contributed by atoms with Crippen molar-refractivity contribution in [3.63, 3.8) is 0 Å². The minimum atomic E-state index is -0.789. The van der Waals surface area contributed by atoms with E-state index in [-0.39, 0.29) is 17.5 Å². The van der Waals surface area contributed by atoms with Crippen LogP contribution in [0, 0.1) is 0 Å². The third kappa shape index (κ3) is 4.73. The lowest BCUT2D eigenvalue weighted by Gasteiger charge is -2.07. The molecule has 0 N–H and O–H groups in total. The lowest BCUT2D eigenvalue weighted by molar-refractivity contribution is -0.153. The fraction of sp³-hybridized carbons (Fsp3) is 0.167. The number of hydrogen-bond donors (Lipinski definition) is 0. The van der Waals surface area contributed by atoms with Crippen LogP contribution in [0.2, 0.25) is 10.0 Å². The minimum absolute atomic E-state index is 0.121. The molecule has 0 saturated carbocycles. The van der Waals surface area contributed by atoms with Gasteiger partial charge in [-0.2, -0.15) is 5.10 Å². The highest BCUT2D eigenvalue weighted by atomic mass is 35.5. The van der Waals surface area contributed by atoms with E-state index in [1.54, 1.807) is 0 Å². The Morgan fingerprint density at radius 1 is 1.24 bits per heavy atom. The second kappa shape index (κ2) is 7.05. The zero-order chi connectivity index (χ0) is 15.2. The highest BCUT2D eigenvalue weighted by molar-refractivity contribution is 6.35. The van der Waals surface area contributed by atoms with Crippen molar-refractivity contribution in [3.8, 4) is 5.75 Å². The van der Waals surface area contributed by atoms with Gasteiger partial charge in [-0.1, -0.05) is 23.2 Å². The van der Waals surface area contributed by atoms with Crippen molar-refractivity contribution < 1.29 is 19.1 Å². The van der Waals surface area contributed by atoms with E-state index in [1.807, 2.05) is 0 Å². The van der Waals surface area contributed by atoms with Gasteiger partial charge in [-0.3, -0.25) is 9.59 Å². The van der Waals surface area contributed by atoms with Gasteiger partial charge in [-0.05, 0) is 18.2 Å². The topological polar surface area (TPSA) is 83.3 Å². The van der Waals surface area contributed by atoms with Crippen LogP contribution in [0.3, 0.4) is 0 Å². The van der Waals surface area contributed by atoms with Gasteiger partial charge in [0.1, 0.15) is 24.8 Å². The van der Waals surface area contributed by atoms with Crippen molar-refractivity contribution in [2.75, 3.05) is 0 Å². The van der Waals surface area contributed by atoms with E-state index in [4.69, 9.17) is 32.7 Å². The van der Waals surface area contributed by atoms with Crippen LogP contribution in [0.5, 0.6) is 5.75 Å². The van der Waals surface area contributed by atoms with E-state index in [0.29, 0.717) is 5.02 Å². The number of nitrogens with zero attached hydrogens (tertiary/aromatic N) is 3. The number of carbonyl (C=O) groups is 2. The van der Waals surface area contributed by atoms with Gasteiger partial charge in [-0.25, -0.2) is 9.67 Å². The molecular formula is C12H9Cl2N3O4. The zero-order valence-corrected chi connectivity index (χ0v) is 12.0. The molecule has 1 aromatic carbocycles. The lowest BCUT2D eigenvalue weighted by atomic mass is 10.3. The molecule has 0 saturated heterocycles. The predicted octanol–water partition coefficient (Wildman–Crippen LogP) is 2.08. The van der Waals surface area contributed by atoms with E-state index < -0.39 is 18.4 Å². The van der Waals surface area contributed by atoms with Crippen molar-refractivity contribution in [1.82, 2.24) is 14.8 Å². The molecule has 0 unspecified atom stereocenters. The van der Waals surface area contributed by atoms with Crippen LogP contribution in [-0.4, -0.2) is 26.7 Å². The molecule has 0 aliphatic heterocycles. The highest BCUT2D eigenvalue weighted by Gasteiger charge is 2.15. The van der Waals surface area contributed by atoms with E-state index in [1.165, 1.54) is 35.5 Å². The zero-order valence-electron chi connectivity index (χ0n) is 10.5. The molecule has 110 valence electrons. The van der Waals surface area contributed by atoms with Gasteiger partial charge in [0.15, 0.2) is 6.73 Å². The number of benzene rings is 1. The first-order valence-electron chi connectivity index (χ1n) is 5.68. The molecule has 9 heteroatoms. The Hall–Kier alpha value is -2.12. The molecule has 0 aliphatic carbocycles. The maximum Gasteiger partial charge on any atom is 0.322 e. The van der Waals surface area contributed by atoms with E-state index in [2.05, 4.69) is 10.1 Å². The third-order valence-electron chi connectivity index (χ3n) is 2.23. The first-order chi connectivity index (χ1) is 10.0. The van der Waals surface area contributed by atoms with E-state index in [0.717, 1.165) is 0 Å². The van der Waals surface area contributed by atoms with Gasteiger partial charge in [0.25, 0.3) is 0 Å². The smallest absolute Gasteiger partial charge is 0.322 e. The van der Waals surface area contributed by atoms with Crippen molar-refractivity contribution >= 4 is 35.1 Å². The average molecular weight is 330 g/mol. The molecule has 2 rings (SSSR count). The molecule has 1 aromatic heterocycles. The summed E-state index contributed by atoms with van der Waals surface area (Å²) >= 11 is 11.6. The number of esters is 2. The van der Waals surface area contributed by atoms with Gasteiger partial charge < -0.3 is 9.47 Å². The summed E-state index contributed by atoms with van der Waals surface area (Å²) in [5.74, 6) is -1.42. The lowest BCUT2D eigenvalue weighted by Crippen LogP contribution is -2.17. The summed E-state index contributed by atoms with van der Waals surface area (Å²) < 4.78 is 11.0. The number of aromatic nitrogens is 3. The summed E-state index contributed by atoms with van der Waals surface area (Å²) in [7, 11) is 0. The van der Waals surface area contributed by atoms with E-state index in [9.17, 15) is 9.59 Å². The van der Waals surface area contributed by atoms with Gasteiger partial charge >= 0.3 is 11.9 Å². The Morgan fingerprint density at radius 3 is 2.71 bits per heavy atom. The standard InChI is InChI=1S/C12H9Cl2N3O4/c13-8-1-2-10(9(14)3-8)21-12(19)4-11(18)20-7-17-6-15-5-16-17/h1-3,5-6H,4,7H2. The molecule has 7 nitrogen and oxygen atoms in total. The maximum atomic E-state index is 11.6.